The Kier molecular flexibility index (Phi) is 8.33. The van der Waals surface area contributed by atoms with Crippen LogP contribution in [-0.2, 0) is 0 Å². The van der Waals surface area contributed by atoms with Crippen molar-refractivity contribution in [2.75, 3.05) is 0 Å². The van der Waals surface area contributed by atoms with E-state index >= 15 is 0 Å². The summed E-state index contributed by atoms with van der Waals surface area (Å²) in [4.78, 5) is 0. The number of rotatable bonds is 8. The lowest BCUT2D eigenvalue weighted by atomic mass is 9.88. The first-order valence-electron chi connectivity index (χ1n) is 6.72. The van der Waals surface area contributed by atoms with Crippen molar-refractivity contribution in [2.45, 2.75) is 72.6 Å². The average Bonchev–Trinajstić information content (AvgIpc) is 2.13. The molecule has 0 spiro atoms. The molecular formula is C16H30. The van der Waals surface area contributed by atoms with Crippen LogP contribution in [0.25, 0.3) is 0 Å². The quantitative estimate of drug-likeness (QED) is 0.354. The summed E-state index contributed by atoms with van der Waals surface area (Å²) in [6.45, 7) is 12.9. The van der Waals surface area contributed by atoms with Gasteiger partial charge in [-0.3, -0.25) is 0 Å². The molecule has 0 radical (unpaired) electrons. The third kappa shape index (κ3) is 11.6. The summed E-state index contributed by atoms with van der Waals surface area (Å²) in [5.74, 6) is 0. The molecule has 0 heteroatoms. The summed E-state index contributed by atoms with van der Waals surface area (Å²) < 4.78 is 0. The van der Waals surface area contributed by atoms with Crippen LogP contribution >= 0.6 is 0 Å². The lowest BCUT2D eigenvalue weighted by molar-refractivity contribution is 0.409. The summed E-state index contributed by atoms with van der Waals surface area (Å²) in [6, 6.07) is 0. The molecule has 0 aliphatic carbocycles. The maximum absolute atomic E-state index is 3.74. The average molecular weight is 222 g/mol. The summed E-state index contributed by atoms with van der Waals surface area (Å²) in [5, 5.41) is 0. The van der Waals surface area contributed by atoms with E-state index in [1.54, 1.807) is 5.57 Å². The molecule has 0 unspecified atom stereocenters. The molecule has 0 saturated heterocycles. The van der Waals surface area contributed by atoms with Crippen molar-refractivity contribution < 1.29 is 0 Å². The third-order valence-electron chi connectivity index (χ3n) is 2.66. The minimum Gasteiger partial charge on any atom is -0.103 e. The maximum atomic E-state index is 3.74. The van der Waals surface area contributed by atoms with Gasteiger partial charge in [0.05, 0.1) is 0 Å². The first-order chi connectivity index (χ1) is 7.45. The van der Waals surface area contributed by atoms with Crippen LogP contribution in [0.1, 0.15) is 72.6 Å². The van der Waals surface area contributed by atoms with Gasteiger partial charge in [-0.15, -0.1) is 6.58 Å². The largest absolute Gasteiger partial charge is 0.103 e. The first-order valence-corrected chi connectivity index (χ1v) is 6.72. The predicted molar refractivity (Wildman–Crippen MR) is 75.7 cm³/mol. The fourth-order valence-corrected chi connectivity index (χ4v) is 2.04. The molecule has 0 aromatic carbocycles. The molecule has 16 heavy (non-hydrogen) atoms. The van der Waals surface area contributed by atoms with Gasteiger partial charge in [-0.05, 0) is 44.4 Å². The van der Waals surface area contributed by atoms with Crippen LogP contribution in [-0.4, -0.2) is 0 Å². The van der Waals surface area contributed by atoms with Crippen molar-refractivity contribution in [3.8, 4) is 0 Å². The lowest BCUT2D eigenvalue weighted by Crippen LogP contribution is -2.04. The van der Waals surface area contributed by atoms with E-state index in [1.165, 1.54) is 44.9 Å². The van der Waals surface area contributed by atoms with Crippen molar-refractivity contribution in [3.63, 3.8) is 0 Å². The van der Waals surface area contributed by atoms with Crippen molar-refractivity contribution in [2.24, 2.45) is 5.41 Å². The molecule has 0 aromatic rings. The molecule has 0 amide bonds. The van der Waals surface area contributed by atoms with Crippen LogP contribution in [0, 0.1) is 5.41 Å². The molecule has 94 valence electrons. The summed E-state index contributed by atoms with van der Waals surface area (Å²) in [6.07, 6.45) is 13.5. The van der Waals surface area contributed by atoms with E-state index in [9.17, 15) is 0 Å². The number of unbranched alkanes of at least 4 members (excludes halogenated alkanes) is 5. The number of hydrogen-bond acceptors (Lipinski definition) is 0. The Morgan fingerprint density at radius 3 is 2.06 bits per heavy atom. The van der Waals surface area contributed by atoms with Crippen molar-refractivity contribution >= 4 is 0 Å². The van der Waals surface area contributed by atoms with Gasteiger partial charge in [0.2, 0.25) is 0 Å². The Bertz CT molecular complexity index is 203. The molecule has 0 aliphatic rings. The summed E-state index contributed by atoms with van der Waals surface area (Å²) in [7, 11) is 0. The normalized spacial score (nSPS) is 12.9. The molecule has 0 N–H and O–H groups in total. The Hall–Kier alpha value is -0.520. The van der Waals surface area contributed by atoms with Crippen molar-refractivity contribution in [3.05, 3.63) is 24.3 Å². The van der Waals surface area contributed by atoms with Gasteiger partial charge in [-0.2, -0.15) is 0 Å². The summed E-state index contributed by atoms with van der Waals surface area (Å²) >= 11 is 0. The Morgan fingerprint density at radius 2 is 1.56 bits per heavy atom. The maximum Gasteiger partial charge on any atom is -0.0274 e. The zero-order valence-corrected chi connectivity index (χ0v) is 11.8. The second kappa shape index (κ2) is 8.61. The SMILES string of the molecule is C=CCCCCCCC=C(C)CC(C)(C)C. The minimum absolute atomic E-state index is 0.435. The van der Waals surface area contributed by atoms with E-state index in [4.69, 9.17) is 0 Å². The lowest BCUT2D eigenvalue weighted by Gasteiger charge is -2.18. The highest BCUT2D eigenvalue weighted by atomic mass is 14.2. The molecule has 0 aliphatic heterocycles. The van der Waals surface area contributed by atoms with Gasteiger partial charge in [0.25, 0.3) is 0 Å². The van der Waals surface area contributed by atoms with Gasteiger partial charge in [0.1, 0.15) is 0 Å². The standard InChI is InChI=1S/C16H30/c1-6-7-8-9-10-11-12-13-15(2)14-16(3,4)5/h6,13H,1,7-12,14H2,2-5H3. The highest BCUT2D eigenvalue weighted by molar-refractivity contribution is 5.00. The smallest absolute Gasteiger partial charge is 0.0274 e. The molecule has 0 atom stereocenters. The van der Waals surface area contributed by atoms with Crippen molar-refractivity contribution in [1.29, 1.82) is 0 Å². The van der Waals surface area contributed by atoms with Gasteiger partial charge < -0.3 is 0 Å². The molecule has 0 saturated carbocycles. The Balaban J connectivity index is 3.48. The Morgan fingerprint density at radius 1 is 1.00 bits per heavy atom. The number of allylic oxidation sites excluding steroid dienone is 3. The van der Waals surface area contributed by atoms with Gasteiger partial charge in [0.15, 0.2) is 0 Å². The second-order valence-corrected chi connectivity index (χ2v) is 6.07. The zero-order valence-electron chi connectivity index (χ0n) is 11.8. The van der Waals surface area contributed by atoms with Gasteiger partial charge in [-0.1, -0.05) is 51.3 Å². The highest BCUT2D eigenvalue weighted by Crippen LogP contribution is 2.24. The van der Waals surface area contributed by atoms with Crippen LogP contribution in [0.2, 0.25) is 0 Å². The zero-order chi connectivity index (χ0) is 12.4. The van der Waals surface area contributed by atoms with E-state index in [-0.39, 0.29) is 0 Å². The van der Waals surface area contributed by atoms with E-state index in [0.29, 0.717) is 5.41 Å². The highest BCUT2D eigenvalue weighted by Gasteiger charge is 2.09. The summed E-state index contributed by atoms with van der Waals surface area (Å²) in [5.41, 5.74) is 1.99. The van der Waals surface area contributed by atoms with Crippen LogP contribution in [0.15, 0.2) is 24.3 Å². The van der Waals surface area contributed by atoms with Gasteiger partial charge >= 0.3 is 0 Å². The fourth-order valence-electron chi connectivity index (χ4n) is 2.04. The molecule has 0 aromatic heterocycles. The first kappa shape index (κ1) is 15.5. The van der Waals surface area contributed by atoms with E-state index in [2.05, 4.69) is 40.3 Å². The monoisotopic (exact) mass is 222 g/mol. The van der Waals surface area contributed by atoms with Crippen LogP contribution in [0.4, 0.5) is 0 Å². The topological polar surface area (TPSA) is 0 Å². The van der Waals surface area contributed by atoms with E-state index in [0.717, 1.165) is 0 Å². The molecule has 0 rings (SSSR count). The van der Waals surface area contributed by atoms with Crippen LogP contribution < -0.4 is 0 Å². The van der Waals surface area contributed by atoms with Crippen LogP contribution in [0.3, 0.4) is 0 Å². The molecule has 0 heterocycles. The molecular weight excluding hydrogens is 192 g/mol. The van der Waals surface area contributed by atoms with E-state index < -0.39 is 0 Å². The molecule has 0 nitrogen and oxygen atoms in total. The number of hydrogen-bond donors (Lipinski definition) is 0. The molecule has 0 bridgehead atoms. The van der Waals surface area contributed by atoms with E-state index in [1.807, 2.05) is 6.08 Å². The fraction of sp³-hybridized carbons (Fsp3) is 0.750. The predicted octanol–water partition coefficient (Wildman–Crippen LogP) is 5.90. The van der Waals surface area contributed by atoms with Crippen LogP contribution in [0.5, 0.6) is 0 Å². The molecule has 0 fully saturated rings. The van der Waals surface area contributed by atoms with Gasteiger partial charge in [0, 0.05) is 0 Å². The van der Waals surface area contributed by atoms with Crippen molar-refractivity contribution in [1.82, 2.24) is 0 Å². The Labute approximate surface area is 103 Å². The van der Waals surface area contributed by atoms with Gasteiger partial charge in [-0.25, -0.2) is 0 Å². The third-order valence-corrected chi connectivity index (χ3v) is 2.66. The minimum atomic E-state index is 0.435. The second-order valence-electron chi connectivity index (χ2n) is 6.07.